The first kappa shape index (κ1) is 25.1. The van der Waals surface area contributed by atoms with Crippen molar-refractivity contribution in [3.8, 4) is 11.8 Å². The monoisotopic (exact) mass is 497 g/mol. The molecule has 1 unspecified atom stereocenters. The maximum Gasteiger partial charge on any atom is 0.269 e. The van der Waals surface area contributed by atoms with Gasteiger partial charge in [-0.3, -0.25) is 14.5 Å². The van der Waals surface area contributed by atoms with Gasteiger partial charge in [-0.15, -0.1) is 0 Å². The number of rotatable bonds is 7. The molecule has 36 heavy (non-hydrogen) atoms. The average Bonchev–Trinajstić information content (AvgIpc) is 3.17. The van der Waals surface area contributed by atoms with E-state index in [0.717, 1.165) is 16.7 Å². The molecule has 3 aromatic carbocycles. The molecule has 1 N–H and O–H groups in total. The number of hydrogen-bond acceptors (Lipinski definition) is 5. The Kier molecular flexibility index (Phi) is 7.77. The van der Waals surface area contributed by atoms with Crippen LogP contribution in [0.3, 0.4) is 0 Å². The van der Waals surface area contributed by atoms with Gasteiger partial charge < -0.3 is 10.1 Å². The number of nitrogens with one attached hydrogen (secondary N) is 1. The fourth-order valence-electron chi connectivity index (χ4n) is 4.04. The molecule has 4 rings (SSSR count). The molecule has 0 radical (unpaired) electrons. The summed E-state index contributed by atoms with van der Waals surface area (Å²) in [6, 6.07) is 24.4. The molecular formula is C29H27N3O3S. The molecule has 2 amide bonds. The van der Waals surface area contributed by atoms with Gasteiger partial charge in [-0.25, -0.2) is 0 Å². The van der Waals surface area contributed by atoms with E-state index in [1.807, 2.05) is 63.2 Å². The third-order valence-corrected chi connectivity index (χ3v) is 7.12. The van der Waals surface area contributed by atoms with Gasteiger partial charge in [0.1, 0.15) is 22.4 Å². The van der Waals surface area contributed by atoms with Crippen molar-refractivity contribution in [2.24, 2.45) is 0 Å². The molecule has 0 aliphatic carbocycles. The van der Waals surface area contributed by atoms with Crippen LogP contribution in [0.15, 0.2) is 83.4 Å². The van der Waals surface area contributed by atoms with Crippen LogP contribution >= 0.6 is 11.8 Å². The number of aryl methyl sites for hydroxylation is 2. The second kappa shape index (κ2) is 11.1. The molecule has 0 saturated carbocycles. The van der Waals surface area contributed by atoms with Crippen molar-refractivity contribution in [3.63, 3.8) is 0 Å². The highest BCUT2D eigenvalue weighted by Gasteiger charge is 2.41. The topological polar surface area (TPSA) is 82.4 Å². The van der Waals surface area contributed by atoms with Crippen LogP contribution in [-0.4, -0.2) is 23.7 Å². The Bertz CT molecular complexity index is 1360. The number of benzene rings is 3. The zero-order valence-electron chi connectivity index (χ0n) is 20.4. The first-order valence-corrected chi connectivity index (χ1v) is 12.6. The van der Waals surface area contributed by atoms with Crippen molar-refractivity contribution in [1.29, 1.82) is 5.26 Å². The number of amides is 2. The quantitative estimate of drug-likeness (QED) is 0.331. The van der Waals surface area contributed by atoms with E-state index in [4.69, 9.17) is 4.74 Å². The number of nitrogens with zero attached hydrogens (tertiary/aromatic N) is 2. The lowest BCUT2D eigenvalue weighted by atomic mass is 10.0. The molecule has 1 atom stereocenters. The Hall–Kier alpha value is -4.02. The van der Waals surface area contributed by atoms with Crippen molar-refractivity contribution >= 4 is 35.0 Å². The molecule has 1 aliphatic rings. The smallest absolute Gasteiger partial charge is 0.269 e. The van der Waals surface area contributed by atoms with Crippen LogP contribution in [0.1, 0.15) is 23.6 Å². The second-order valence-corrected chi connectivity index (χ2v) is 9.64. The molecule has 0 bridgehead atoms. The first-order chi connectivity index (χ1) is 17.4. The van der Waals surface area contributed by atoms with Crippen molar-refractivity contribution < 1.29 is 14.3 Å². The second-order valence-electron chi connectivity index (χ2n) is 8.45. The molecular weight excluding hydrogens is 470 g/mol. The molecule has 1 heterocycles. The fourth-order valence-corrected chi connectivity index (χ4v) is 5.33. The fraction of sp³-hybridized carbons (Fsp3) is 0.207. The van der Waals surface area contributed by atoms with Gasteiger partial charge in [-0.2, -0.15) is 5.26 Å². The Morgan fingerprint density at radius 1 is 1.08 bits per heavy atom. The van der Waals surface area contributed by atoms with Crippen molar-refractivity contribution in [3.05, 3.63) is 100 Å². The molecule has 182 valence electrons. The summed E-state index contributed by atoms with van der Waals surface area (Å²) in [7, 11) is 0. The van der Waals surface area contributed by atoms with Gasteiger partial charge in [-0.05, 0) is 80.3 Å². The zero-order valence-corrected chi connectivity index (χ0v) is 21.3. The van der Waals surface area contributed by atoms with Crippen LogP contribution in [0.4, 0.5) is 11.4 Å². The molecule has 0 spiro atoms. The molecule has 3 aromatic rings. The van der Waals surface area contributed by atoms with E-state index in [1.165, 1.54) is 16.7 Å². The van der Waals surface area contributed by atoms with Crippen LogP contribution < -0.4 is 15.0 Å². The number of hydrogen-bond donors (Lipinski definition) is 1. The predicted octanol–water partition coefficient (Wildman–Crippen LogP) is 5.77. The Morgan fingerprint density at radius 2 is 1.83 bits per heavy atom. The van der Waals surface area contributed by atoms with Crippen LogP contribution in [0, 0.1) is 25.2 Å². The lowest BCUT2D eigenvalue weighted by molar-refractivity contribution is -0.117. The van der Waals surface area contributed by atoms with Gasteiger partial charge in [0, 0.05) is 11.4 Å². The Morgan fingerprint density at radius 3 is 2.50 bits per heavy atom. The molecule has 1 aliphatic heterocycles. The minimum absolute atomic E-state index is 0.101. The van der Waals surface area contributed by atoms with Crippen molar-refractivity contribution in [2.45, 2.75) is 32.4 Å². The number of anilines is 2. The predicted molar refractivity (Wildman–Crippen MR) is 144 cm³/mol. The number of thioether (sulfide) groups is 1. The Balaban J connectivity index is 1.73. The van der Waals surface area contributed by atoms with E-state index in [1.54, 1.807) is 30.3 Å². The summed E-state index contributed by atoms with van der Waals surface area (Å²) in [5.74, 6) is -0.0374. The SMILES string of the molecule is CCOc1ccc(N2C(=O)C(Cc3ccccc3C)S/C2=C(/C#N)C(=O)Nc2cccc(C)c2)cc1. The number of carbonyl (C=O) groups is 2. The van der Waals surface area contributed by atoms with E-state index < -0.39 is 11.2 Å². The number of ether oxygens (including phenoxy) is 1. The Labute approximate surface area is 215 Å². The lowest BCUT2D eigenvalue weighted by Gasteiger charge is -2.19. The zero-order chi connectivity index (χ0) is 25.7. The van der Waals surface area contributed by atoms with E-state index in [9.17, 15) is 14.9 Å². The largest absolute Gasteiger partial charge is 0.494 e. The number of nitriles is 1. The van der Waals surface area contributed by atoms with Crippen molar-refractivity contribution in [1.82, 2.24) is 0 Å². The van der Waals surface area contributed by atoms with E-state index in [0.29, 0.717) is 35.2 Å². The van der Waals surface area contributed by atoms with Gasteiger partial charge in [0.25, 0.3) is 5.91 Å². The third kappa shape index (κ3) is 5.45. The normalized spacial score (nSPS) is 16.4. The molecule has 0 aromatic heterocycles. The molecule has 1 fully saturated rings. The maximum absolute atomic E-state index is 13.7. The summed E-state index contributed by atoms with van der Waals surface area (Å²) in [5, 5.41) is 12.7. The van der Waals surface area contributed by atoms with E-state index in [-0.39, 0.29) is 11.5 Å². The minimum Gasteiger partial charge on any atom is -0.494 e. The molecule has 1 saturated heterocycles. The van der Waals surface area contributed by atoms with Gasteiger partial charge in [0.15, 0.2) is 0 Å². The third-order valence-electron chi connectivity index (χ3n) is 5.85. The highest BCUT2D eigenvalue weighted by atomic mass is 32.2. The van der Waals surface area contributed by atoms with E-state index >= 15 is 0 Å². The van der Waals surface area contributed by atoms with Gasteiger partial charge in [0.05, 0.1) is 11.9 Å². The van der Waals surface area contributed by atoms with Crippen LogP contribution in [-0.2, 0) is 16.0 Å². The first-order valence-electron chi connectivity index (χ1n) is 11.7. The lowest BCUT2D eigenvalue weighted by Crippen LogP contribution is -2.31. The van der Waals surface area contributed by atoms with Crippen molar-refractivity contribution in [2.75, 3.05) is 16.8 Å². The minimum atomic E-state index is -0.550. The average molecular weight is 498 g/mol. The van der Waals surface area contributed by atoms with Gasteiger partial charge >= 0.3 is 0 Å². The summed E-state index contributed by atoms with van der Waals surface area (Å²) >= 11 is 1.26. The molecule has 7 heteroatoms. The van der Waals surface area contributed by atoms with Crippen LogP contribution in [0.2, 0.25) is 0 Å². The standard InChI is InChI=1S/C29H27N3O3S/c1-4-35-24-14-12-23(13-15-24)32-28(34)26(17-21-10-6-5-9-20(21)3)36-29(32)25(18-30)27(33)31-22-11-7-8-19(2)16-22/h5-16,26H,4,17H2,1-3H3,(H,31,33)/b29-25-. The number of carbonyl (C=O) groups excluding carboxylic acids is 2. The molecule has 6 nitrogen and oxygen atoms in total. The summed E-state index contributed by atoms with van der Waals surface area (Å²) in [4.78, 5) is 28.4. The van der Waals surface area contributed by atoms with Gasteiger partial charge in [-0.1, -0.05) is 48.2 Å². The summed E-state index contributed by atoms with van der Waals surface area (Å²) in [6.07, 6.45) is 0.491. The summed E-state index contributed by atoms with van der Waals surface area (Å²) in [6.45, 7) is 6.36. The van der Waals surface area contributed by atoms with Gasteiger partial charge in [0.2, 0.25) is 5.91 Å². The maximum atomic E-state index is 13.7. The highest BCUT2D eigenvalue weighted by molar-refractivity contribution is 8.05. The van der Waals surface area contributed by atoms with E-state index in [2.05, 4.69) is 11.4 Å². The van der Waals surface area contributed by atoms with Crippen LogP contribution in [0.25, 0.3) is 0 Å². The summed E-state index contributed by atoms with van der Waals surface area (Å²) in [5.41, 5.74) is 4.20. The summed E-state index contributed by atoms with van der Waals surface area (Å²) < 4.78 is 5.54. The van der Waals surface area contributed by atoms with Crippen LogP contribution in [0.5, 0.6) is 5.75 Å². The highest BCUT2D eigenvalue weighted by Crippen LogP contribution is 2.42.